The Morgan fingerprint density at radius 2 is 1.62 bits per heavy atom. The molecule has 1 nitrogen and oxygen atoms in total. The average Bonchev–Trinajstić information content (AvgIpc) is 1.80. The predicted octanol–water partition coefficient (Wildman–Crippen LogP) is 3.16. The van der Waals surface area contributed by atoms with E-state index in [4.69, 9.17) is 0 Å². The van der Waals surface area contributed by atoms with E-state index in [9.17, 15) is 0 Å². The van der Waals surface area contributed by atoms with Crippen LogP contribution in [-0.2, 0) is 0 Å². The molecule has 0 rings (SSSR count). The molecule has 0 aromatic rings. The number of hydrogen-bond donors (Lipinski definition) is 0. The Morgan fingerprint density at radius 1 is 1.15 bits per heavy atom. The summed E-state index contributed by atoms with van der Waals surface area (Å²) in [6.07, 6.45) is 1.30. The minimum atomic E-state index is 0.441. The Morgan fingerprint density at radius 3 is 1.92 bits per heavy atom. The Bertz CT molecular complexity index is 142. The first kappa shape index (κ1) is 13.0. The van der Waals surface area contributed by atoms with Gasteiger partial charge in [0.1, 0.15) is 0 Å². The van der Waals surface area contributed by atoms with Crippen LogP contribution >= 0.6 is 0 Å². The van der Waals surface area contributed by atoms with Crippen molar-refractivity contribution in [3.8, 4) is 0 Å². The first-order valence-corrected chi connectivity index (χ1v) is 5.48. The molecule has 1 unspecified atom stereocenters. The summed E-state index contributed by atoms with van der Waals surface area (Å²) in [4.78, 5) is 0. The number of rotatable bonds is 4. The van der Waals surface area contributed by atoms with Crippen LogP contribution in [0.2, 0.25) is 0 Å². The van der Waals surface area contributed by atoms with Gasteiger partial charge in [-0.3, -0.25) is 0 Å². The van der Waals surface area contributed by atoms with Crippen LogP contribution in [0.5, 0.6) is 0 Å². The number of hydrogen-bond acceptors (Lipinski definition) is 0. The second kappa shape index (κ2) is 4.45. The summed E-state index contributed by atoms with van der Waals surface area (Å²) < 4.78 is 1.15. The summed E-state index contributed by atoms with van der Waals surface area (Å²) in [5.41, 5.74) is 0.441. The van der Waals surface area contributed by atoms with E-state index in [1.165, 1.54) is 19.5 Å². The molecule has 13 heavy (non-hydrogen) atoms. The lowest BCUT2D eigenvalue weighted by atomic mass is 9.94. The molecule has 0 N–H and O–H groups in total. The van der Waals surface area contributed by atoms with E-state index in [-0.39, 0.29) is 0 Å². The van der Waals surface area contributed by atoms with Gasteiger partial charge in [-0.1, -0.05) is 34.6 Å². The topological polar surface area (TPSA) is 0 Å². The van der Waals surface area contributed by atoms with Gasteiger partial charge < -0.3 is 4.48 Å². The highest BCUT2D eigenvalue weighted by molar-refractivity contribution is 4.60. The second-order valence-corrected chi connectivity index (χ2v) is 6.35. The summed E-state index contributed by atoms with van der Waals surface area (Å²) in [5, 5.41) is 0. The maximum absolute atomic E-state index is 2.35. The SMILES string of the molecule is CCC(C)C[N+](C)(C)CC(C)(C)C. The molecule has 0 spiro atoms. The summed E-state index contributed by atoms with van der Waals surface area (Å²) in [5.74, 6) is 0.845. The zero-order valence-electron chi connectivity index (χ0n) is 10.6. The van der Waals surface area contributed by atoms with Gasteiger partial charge in [-0.25, -0.2) is 0 Å². The molecule has 0 heterocycles. The molecule has 0 amide bonds. The van der Waals surface area contributed by atoms with E-state index in [0.717, 1.165) is 10.4 Å². The van der Waals surface area contributed by atoms with Crippen molar-refractivity contribution < 1.29 is 4.48 Å². The van der Waals surface area contributed by atoms with E-state index >= 15 is 0 Å². The maximum Gasteiger partial charge on any atom is 0.0831 e. The minimum Gasteiger partial charge on any atom is -0.328 e. The fourth-order valence-corrected chi connectivity index (χ4v) is 2.32. The average molecular weight is 186 g/mol. The third-order valence-electron chi connectivity index (χ3n) is 2.41. The van der Waals surface area contributed by atoms with Crippen LogP contribution in [0.25, 0.3) is 0 Å². The van der Waals surface area contributed by atoms with Gasteiger partial charge in [-0.05, 0) is 6.42 Å². The normalized spacial score (nSPS) is 15.9. The Labute approximate surface area is 84.7 Å². The molecule has 0 aliphatic rings. The van der Waals surface area contributed by atoms with Gasteiger partial charge in [-0.2, -0.15) is 0 Å². The highest BCUT2D eigenvalue weighted by atomic mass is 15.3. The van der Waals surface area contributed by atoms with Gasteiger partial charge in [-0.15, -0.1) is 0 Å². The van der Waals surface area contributed by atoms with Crippen LogP contribution in [-0.4, -0.2) is 31.7 Å². The Balaban J connectivity index is 4.08. The van der Waals surface area contributed by atoms with Crippen molar-refractivity contribution in [1.82, 2.24) is 0 Å². The lowest BCUT2D eigenvalue weighted by molar-refractivity contribution is -0.899. The highest BCUT2D eigenvalue weighted by Crippen LogP contribution is 2.20. The van der Waals surface area contributed by atoms with Crippen LogP contribution in [0, 0.1) is 11.3 Å². The molecule has 0 aliphatic heterocycles. The molecule has 0 saturated heterocycles. The standard InChI is InChI=1S/C12H28N/c1-8-11(2)9-13(6,7)10-12(3,4)5/h11H,8-10H2,1-7H3/q+1. The quantitative estimate of drug-likeness (QED) is 0.592. The zero-order chi connectivity index (χ0) is 10.7. The molecule has 0 radical (unpaired) electrons. The summed E-state index contributed by atoms with van der Waals surface area (Å²) in [6.45, 7) is 14.2. The monoisotopic (exact) mass is 186 g/mol. The Hall–Kier alpha value is -0.0400. The predicted molar refractivity (Wildman–Crippen MR) is 60.8 cm³/mol. The molecule has 0 aromatic heterocycles. The van der Waals surface area contributed by atoms with Crippen molar-refractivity contribution in [2.24, 2.45) is 11.3 Å². The molecule has 1 heteroatoms. The zero-order valence-corrected chi connectivity index (χ0v) is 10.6. The van der Waals surface area contributed by atoms with Crippen molar-refractivity contribution >= 4 is 0 Å². The van der Waals surface area contributed by atoms with Crippen LogP contribution in [0.1, 0.15) is 41.0 Å². The van der Waals surface area contributed by atoms with Crippen LogP contribution in [0.4, 0.5) is 0 Å². The van der Waals surface area contributed by atoms with E-state index in [2.05, 4.69) is 48.7 Å². The third kappa shape index (κ3) is 7.06. The summed E-state index contributed by atoms with van der Waals surface area (Å²) in [7, 11) is 4.69. The molecule has 0 fully saturated rings. The summed E-state index contributed by atoms with van der Waals surface area (Å²) >= 11 is 0. The highest BCUT2D eigenvalue weighted by Gasteiger charge is 2.25. The third-order valence-corrected chi connectivity index (χ3v) is 2.41. The molecule has 0 aliphatic carbocycles. The van der Waals surface area contributed by atoms with Crippen molar-refractivity contribution in [2.75, 3.05) is 27.2 Å². The van der Waals surface area contributed by atoms with Crippen LogP contribution in [0.3, 0.4) is 0 Å². The minimum absolute atomic E-state index is 0.441. The molecule has 0 aromatic carbocycles. The van der Waals surface area contributed by atoms with E-state index in [0.29, 0.717) is 5.41 Å². The van der Waals surface area contributed by atoms with Gasteiger partial charge in [0.2, 0.25) is 0 Å². The van der Waals surface area contributed by atoms with Gasteiger partial charge in [0, 0.05) is 11.3 Å². The number of nitrogens with zero attached hydrogens (tertiary/aromatic N) is 1. The molecule has 80 valence electrons. The molecular formula is C12H28N+. The van der Waals surface area contributed by atoms with Gasteiger partial charge >= 0.3 is 0 Å². The fourth-order valence-electron chi connectivity index (χ4n) is 2.32. The molecule has 1 atom stereocenters. The smallest absolute Gasteiger partial charge is 0.0831 e. The van der Waals surface area contributed by atoms with Crippen LogP contribution in [0.15, 0.2) is 0 Å². The van der Waals surface area contributed by atoms with E-state index in [1.54, 1.807) is 0 Å². The Kier molecular flexibility index (Phi) is 4.44. The largest absolute Gasteiger partial charge is 0.328 e. The maximum atomic E-state index is 2.35. The second-order valence-electron chi connectivity index (χ2n) is 6.35. The van der Waals surface area contributed by atoms with Gasteiger partial charge in [0.15, 0.2) is 0 Å². The molecule has 0 bridgehead atoms. The van der Waals surface area contributed by atoms with Crippen molar-refractivity contribution in [1.29, 1.82) is 0 Å². The van der Waals surface area contributed by atoms with E-state index in [1.807, 2.05) is 0 Å². The van der Waals surface area contributed by atoms with E-state index < -0.39 is 0 Å². The molecular weight excluding hydrogens is 158 g/mol. The van der Waals surface area contributed by atoms with Gasteiger partial charge in [0.25, 0.3) is 0 Å². The van der Waals surface area contributed by atoms with Gasteiger partial charge in [0.05, 0.1) is 27.2 Å². The summed E-state index contributed by atoms with van der Waals surface area (Å²) in [6, 6.07) is 0. The molecule has 0 saturated carbocycles. The fraction of sp³-hybridized carbons (Fsp3) is 1.00. The van der Waals surface area contributed by atoms with Crippen molar-refractivity contribution in [2.45, 2.75) is 41.0 Å². The van der Waals surface area contributed by atoms with Crippen molar-refractivity contribution in [3.05, 3.63) is 0 Å². The lowest BCUT2D eigenvalue weighted by Gasteiger charge is -2.37. The van der Waals surface area contributed by atoms with Crippen molar-refractivity contribution in [3.63, 3.8) is 0 Å². The number of quaternary nitrogens is 1. The first-order chi connectivity index (χ1) is 5.66. The first-order valence-electron chi connectivity index (χ1n) is 5.48. The van der Waals surface area contributed by atoms with Crippen LogP contribution < -0.4 is 0 Å². The lowest BCUT2D eigenvalue weighted by Crippen LogP contribution is -2.47.